The van der Waals surface area contributed by atoms with Crippen molar-refractivity contribution in [2.45, 2.75) is 13.5 Å². The lowest BCUT2D eigenvalue weighted by molar-refractivity contribution is 0.0600. The van der Waals surface area contributed by atoms with Crippen molar-refractivity contribution in [3.05, 3.63) is 71.8 Å². The van der Waals surface area contributed by atoms with Crippen LogP contribution < -0.4 is 5.32 Å². The van der Waals surface area contributed by atoms with Crippen molar-refractivity contribution in [1.29, 1.82) is 0 Å². The summed E-state index contributed by atoms with van der Waals surface area (Å²) in [5.41, 5.74) is 3.77. The van der Waals surface area contributed by atoms with Crippen molar-refractivity contribution in [3.8, 4) is 11.4 Å². The maximum absolute atomic E-state index is 11.9. The molecule has 0 aliphatic rings. The number of aromatic nitrogens is 4. The third-order valence-corrected chi connectivity index (χ3v) is 4.29. The van der Waals surface area contributed by atoms with Gasteiger partial charge >= 0.3 is 5.97 Å². The molecule has 4 aromatic rings. The van der Waals surface area contributed by atoms with E-state index in [2.05, 4.69) is 27.4 Å². The molecule has 0 bridgehead atoms. The maximum Gasteiger partial charge on any atom is 0.339 e. The molecule has 7 heteroatoms. The van der Waals surface area contributed by atoms with Gasteiger partial charge < -0.3 is 15.0 Å². The number of methoxy groups -OCH3 is 1. The Balaban J connectivity index is 1.81. The summed E-state index contributed by atoms with van der Waals surface area (Å²) in [5.74, 6) is 1.19. The summed E-state index contributed by atoms with van der Waals surface area (Å²) in [6, 6.07) is 13.6. The van der Waals surface area contributed by atoms with E-state index in [1.165, 1.54) is 7.11 Å². The number of aromatic amines is 1. The number of esters is 1. The molecular weight excluding hydrogens is 342 g/mol. The predicted octanol–water partition coefficient (Wildman–Crippen LogP) is 3.43. The number of H-pyrrole nitrogens is 1. The maximum atomic E-state index is 11.9. The first-order valence-corrected chi connectivity index (χ1v) is 8.56. The van der Waals surface area contributed by atoms with E-state index in [0.717, 1.165) is 28.6 Å². The van der Waals surface area contributed by atoms with Crippen LogP contribution in [-0.2, 0) is 11.3 Å². The average Bonchev–Trinajstić information content (AvgIpc) is 3.29. The fraction of sp³-hybridized carbons (Fsp3) is 0.150. The van der Waals surface area contributed by atoms with Crippen LogP contribution in [0.1, 0.15) is 21.7 Å². The Hall–Kier alpha value is -3.61. The summed E-state index contributed by atoms with van der Waals surface area (Å²) in [6.07, 6.45) is 3.55. The van der Waals surface area contributed by atoms with Gasteiger partial charge in [0.15, 0.2) is 0 Å². The van der Waals surface area contributed by atoms with E-state index in [4.69, 9.17) is 9.72 Å². The van der Waals surface area contributed by atoms with E-state index in [-0.39, 0.29) is 0 Å². The van der Waals surface area contributed by atoms with Crippen molar-refractivity contribution in [2.24, 2.45) is 0 Å². The molecule has 0 aliphatic heterocycles. The van der Waals surface area contributed by atoms with Crippen LogP contribution >= 0.6 is 0 Å². The molecule has 7 nitrogen and oxygen atoms in total. The molecule has 0 aliphatic carbocycles. The van der Waals surface area contributed by atoms with Crippen LogP contribution in [0.2, 0.25) is 0 Å². The number of rotatable bonds is 5. The number of ether oxygens (including phenoxy) is 1. The van der Waals surface area contributed by atoms with Gasteiger partial charge in [-0.3, -0.25) is 4.40 Å². The zero-order valence-corrected chi connectivity index (χ0v) is 15.1. The van der Waals surface area contributed by atoms with Crippen LogP contribution in [0.25, 0.3) is 17.0 Å². The van der Waals surface area contributed by atoms with Gasteiger partial charge in [-0.25, -0.2) is 14.8 Å². The van der Waals surface area contributed by atoms with Crippen LogP contribution in [0.5, 0.6) is 0 Å². The largest absolute Gasteiger partial charge is 0.465 e. The minimum atomic E-state index is -0.392. The number of nitrogens with one attached hydrogen (secondary N) is 2. The van der Waals surface area contributed by atoms with Crippen molar-refractivity contribution < 1.29 is 9.53 Å². The van der Waals surface area contributed by atoms with E-state index in [0.29, 0.717) is 17.8 Å². The number of aryl methyl sites for hydroxylation is 1. The first-order chi connectivity index (χ1) is 13.2. The topological polar surface area (TPSA) is 84.3 Å². The van der Waals surface area contributed by atoms with Gasteiger partial charge in [0.2, 0.25) is 0 Å². The third kappa shape index (κ3) is 3.27. The van der Waals surface area contributed by atoms with Gasteiger partial charge in [-0.2, -0.15) is 0 Å². The molecule has 0 saturated heterocycles. The van der Waals surface area contributed by atoms with Crippen molar-refractivity contribution in [2.75, 3.05) is 12.4 Å². The Labute approximate surface area is 156 Å². The van der Waals surface area contributed by atoms with Gasteiger partial charge in [0.05, 0.1) is 12.7 Å². The highest BCUT2D eigenvalue weighted by atomic mass is 16.5. The summed E-state index contributed by atoms with van der Waals surface area (Å²) in [6.45, 7) is 2.51. The predicted molar refractivity (Wildman–Crippen MR) is 103 cm³/mol. The minimum Gasteiger partial charge on any atom is -0.465 e. The molecule has 0 spiro atoms. The lowest BCUT2D eigenvalue weighted by atomic mass is 10.2. The SMILES string of the molecule is COC(=O)c1ccc2nc(-c3c[nH]c(C)n3)c(NCc3ccccc3)n2c1. The Morgan fingerprint density at radius 2 is 2.00 bits per heavy atom. The Bertz CT molecular complexity index is 1100. The molecule has 3 aromatic heterocycles. The number of imidazole rings is 2. The normalized spacial score (nSPS) is 10.9. The lowest BCUT2D eigenvalue weighted by Crippen LogP contribution is -2.06. The molecule has 0 amide bonds. The molecule has 0 fully saturated rings. The summed E-state index contributed by atoms with van der Waals surface area (Å²) in [7, 11) is 1.37. The number of carbonyl (C=O) groups excluding carboxylic acids is 1. The first kappa shape index (κ1) is 16.8. The lowest BCUT2D eigenvalue weighted by Gasteiger charge is -2.09. The number of anilines is 1. The summed E-state index contributed by atoms with van der Waals surface area (Å²) >= 11 is 0. The second-order valence-electron chi connectivity index (χ2n) is 6.16. The molecule has 1 aromatic carbocycles. The van der Waals surface area contributed by atoms with Gasteiger partial charge in [0, 0.05) is 18.9 Å². The zero-order chi connectivity index (χ0) is 18.8. The number of fused-ring (bicyclic) bond motifs is 1. The summed E-state index contributed by atoms with van der Waals surface area (Å²) in [5, 5.41) is 3.44. The van der Waals surface area contributed by atoms with Crippen molar-refractivity contribution in [3.63, 3.8) is 0 Å². The van der Waals surface area contributed by atoms with Crippen molar-refractivity contribution in [1.82, 2.24) is 19.4 Å². The number of carbonyl (C=O) groups is 1. The van der Waals surface area contributed by atoms with Gasteiger partial charge in [0.25, 0.3) is 0 Å². The second kappa shape index (κ2) is 6.95. The number of benzene rings is 1. The second-order valence-corrected chi connectivity index (χ2v) is 6.16. The van der Waals surface area contributed by atoms with Crippen LogP contribution in [0.4, 0.5) is 5.82 Å². The molecule has 0 saturated carbocycles. The van der Waals surface area contributed by atoms with Crippen LogP contribution in [-0.4, -0.2) is 32.4 Å². The number of hydrogen-bond donors (Lipinski definition) is 2. The standard InChI is InChI=1S/C20H19N5O2/c1-13-21-11-16(23-13)18-19(22-10-14-6-4-3-5-7-14)25-12-15(20(26)27-2)8-9-17(25)24-18/h3-9,11-12,22H,10H2,1-2H3,(H,21,23). The number of nitrogens with zero attached hydrogens (tertiary/aromatic N) is 3. The fourth-order valence-corrected chi connectivity index (χ4v) is 2.95. The zero-order valence-electron chi connectivity index (χ0n) is 15.1. The highest BCUT2D eigenvalue weighted by Crippen LogP contribution is 2.28. The Morgan fingerprint density at radius 3 is 2.70 bits per heavy atom. The van der Waals surface area contributed by atoms with Gasteiger partial charge in [-0.05, 0) is 24.6 Å². The third-order valence-electron chi connectivity index (χ3n) is 4.29. The molecule has 0 radical (unpaired) electrons. The molecule has 4 rings (SSSR count). The molecule has 136 valence electrons. The molecule has 27 heavy (non-hydrogen) atoms. The first-order valence-electron chi connectivity index (χ1n) is 8.56. The van der Waals surface area contributed by atoms with Gasteiger partial charge in [-0.15, -0.1) is 0 Å². The Kier molecular flexibility index (Phi) is 4.33. The molecular formula is C20H19N5O2. The van der Waals surface area contributed by atoms with E-state index in [1.54, 1.807) is 18.3 Å². The summed E-state index contributed by atoms with van der Waals surface area (Å²) < 4.78 is 6.69. The van der Waals surface area contributed by atoms with E-state index < -0.39 is 5.97 Å². The van der Waals surface area contributed by atoms with E-state index >= 15 is 0 Å². The number of hydrogen-bond acceptors (Lipinski definition) is 5. The van der Waals surface area contributed by atoms with Crippen LogP contribution in [0.3, 0.4) is 0 Å². The molecule has 2 N–H and O–H groups in total. The van der Waals surface area contributed by atoms with Crippen LogP contribution in [0, 0.1) is 6.92 Å². The molecule has 0 atom stereocenters. The van der Waals surface area contributed by atoms with Gasteiger partial charge in [0.1, 0.15) is 28.7 Å². The highest BCUT2D eigenvalue weighted by molar-refractivity contribution is 5.90. The molecule has 3 heterocycles. The van der Waals surface area contributed by atoms with Crippen LogP contribution in [0.15, 0.2) is 54.9 Å². The van der Waals surface area contributed by atoms with Crippen molar-refractivity contribution >= 4 is 17.4 Å². The van der Waals surface area contributed by atoms with E-state index in [1.807, 2.05) is 35.7 Å². The quantitative estimate of drug-likeness (QED) is 0.532. The van der Waals surface area contributed by atoms with E-state index in [9.17, 15) is 4.79 Å². The minimum absolute atomic E-state index is 0.392. The smallest absolute Gasteiger partial charge is 0.339 e. The van der Waals surface area contributed by atoms with Gasteiger partial charge in [-0.1, -0.05) is 30.3 Å². The monoisotopic (exact) mass is 361 g/mol. The summed E-state index contributed by atoms with van der Waals surface area (Å²) in [4.78, 5) is 24.2. The fourth-order valence-electron chi connectivity index (χ4n) is 2.95. The highest BCUT2D eigenvalue weighted by Gasteiger charge is 2.18. The Morgan fingerprint density at radius 1 is 1.19 bits per heavy atom. The average molecular weight is 361 g/mol. The number of pyridine rings is 1. The molecule has 0 unspecified atom stereocenters.